The number of nitrogens with one attached hydrogen (secondary N) is 1. The number of amides is 2. The van der Waals surface area contributed by atoms with Gasteiger partial charge in [0.1, 0.15) is 53.7 Å². The van der Waals surface area contributed by atoms with Crippen molar-refractivity contribution in [3.8, 4) is 0 Å². The largest absolute Gasteiger partial charge is 0.542 e. The molecule has 0 unspecified atom stereocenters. The van der Waals surface area contributed by atoms with E-state index in [9.17, 15) is 87.0 Å². The predicted molar refractivity (Wildman–Crippen MR) is 226 cm³/mol. The first-order chi connectivity index (χ1) is 32.5. The number of aliphatic carboxylic acids is 2. The number of piperidine rings is 1. The third-order valence-corrected chi connectivity index (χ3v) is 11.1. The van der Waals surface area contributed by atoms with Gasteiger partial charge in [0.25, 0.3) is 17.6 Å². The second kappa shape index (κ2) is 27.0. The first-order valence-corrected chi connectivity index (χ1v) is 21.6. The van der Waals surface area contributed by atoms with Gasteiger partial charge in [-0.25, -0.2) is 23.9 Å². The third-order valence-electron chi connectivity index (χ3n) is 10.7. The van der Waals surface area contributed by atoms with Crippen molar-refractivity contribution in [2.75, 3.05) is 45.1 Å². The van der Waals surface area contributed by atoms with Crippen molar-refractivity contribution in [1.29, 1.82) is 0 Å². The number of anilines is 1. The Morgan fingerprint density at radius 1 is 0.871 bits per heavy atom. The van der Waals surface area contributed by atoms with Crippen molar-refractivity contribution < 1.29 is 111 Å². The quantitative estimate of drug-likeness (QED) is 0.0399. The molecule has 1 saturated heterocycles. The monoisotopic (exact) mass is 1080 g/mol. The lowest BCUT2D eigenvalue weighted by molar-refractivity contribution is -0.676. The van der Waals surface area contributed by atoms with Gasteiger partial charge in [-0.1, -0.05) is 0 Å². The summed E-state index contributed by atoms with van der Waals surface area (Å²) in [6.07, 6.45) is -22.8. The molecule has 31 heteroatoms. The van der Waals surface area contributed by atoms with Crippen LogP contribution >= 0.6 is 15.9 Å². The zero-order valence-electron chi connectivity index (χ0n) is 37.2. The van der Waals surface area contributed by atoms with Gasteiger partial charge < -0.3 is 82.0 Å². The van der Waals surface area contributed by atoms with E-state index in [-0.39, 0.29) is 37.1 Å². The van der Waals surface area contributed by atoms with E-state index in [1.807, 2.05) is 29.0 Å². The van der Waals surface area contributed by atoms with Crippen molar-refractivity contribution in [2.24, 2.45) is 0 Å². The highest BCUT2D eigenvalue weighted by Gasteiger charge is 2.39. The number of nitrogen functional groups attached to an aromatic ring is 1. The molecule has 3 aromatic rings. The maximum absolute atomic E-state index is 13.9. The van der Waals surface area contributed by atoms with Crippen LogP contribution in [0.2, 0.25) is 0 Å². The lowest BCUT2D eigenvalue weighted by atomic mass is 9.97. The summed E-state index contributed by atoms with van der Waals surface area (Å²) in [7, 11) is 0. The SMILES string of the molecule is CCn1c(CNC(=O)c2nc(Br)cnc2N)[n+](CC)c2ccc(C(=O)N3CCC(N(C[C@H](O)[C@@H](O)[C@H](O)[C@H](O)CO)C[C@H](O)[C@@H](O)[C@H](O)[C@H](O)CO)CC3)cc21.O=C(O)C(F)(F)F.O=C([O-])C(F)(F)F. The smallest absolute Gasteiger partial charge is 0.490 e. The normalized spacial score (nSPS) is 16.9. The predicted octanol–water partition coefficient (Wildman–Crippen LogP) is -4.26. The highest BCUT2D eigenvalue weighted by atomic mass is 79.9. The molecule has 0 saturated carbocycles. The van der Waals surface area contributed by atoms with Crippen LogP contribution in [0.25, 0.3) is 11.0 Å². The Labute approximate surface area is 401 Å². The number of likely N-dealkylation sites (tertiary alicyclic amines) is 1. The van der Waals surface area contributed by atoms with Crippen LogP contribution in [0.15, 0.2) is 29.0 Å². The summed E-state index contributed by atoms with van der Waals surface area (Å²) in [5.41, 5.74) is 7.90. The summed E-state index contributed by atoms with van der Waals surface area (Å²) in [6, 6.07) is 4.91. The van der Waals surface area contributed by atoms with Gasteiger partial charge in [0, 0.05) is 43.9 Å². The minimum Gasteiger partial charge on any atom is -0.542 e. The number of nitrogens with two attached hydrogens (primary N) is 1. The van der Waals surface area contributed by atoms with E-state index in [1.165, 1.54) is 11.1 Å². The zero-order valence-corrected chi connectivity index (χ0v) is 38.7. The van der Waals surface area contributed by atoms with E-state index in [0.717, 1.165) is 16.9 Å². The van der Waals surface area contributed by atoms with E-state index in [2.05, 4.69) is 31.2 Å². The van der Waals surface area contributed by atoms with Crippen LogP contribution in [0.3, 0.4) is 0 Å². The van der Waals surface area contributed by atoms with Gasteiger partial charge in [-0.15, -0.1) is 0 Å². The van der Waals surface area contributed by atoms with Crippen LogP contribution in [-0.2, 0) is 29.2 Å². The molecule has 2 amide bonds. The molecular weight excluding hydrogens is 1030 g/mol. The van der Waals surface area contributed by atoms with Crippen LogP contribution < -0.4 is 20.7 Å². The number of hydrogen-bond donors (Lipinski definition) is 13. The second-order valence-electron chi connectivity index (χ2n) is 15.4. The molecule has 396 valence electrons. The molecule has 1 aliphatic rings. The summed E-state index contributed by atoms with van der Waals surface area (Å²) in [5.74, 6) is -5.75. The highest BCUT2D eigenvalue weighted by molar-refractivity contribution is 9.10. The Morgan fingerprint density at radius 3 is 1.76 bits per heavy atom. The van der Waals surface area contributed by atoms with Gasteiger partial charge in [-0.3, -0.25) is 14.5 Å². The summed E-state index contributed by atoms with van der Waals surface area (Å²) in [4.78, 5) is 55.8. The molecule has 8 atom stereocenters. The number of carboxylic acid groups (broad SMARTS) is 2. The van der Waals surface area contributed by atoms with E-state index in [0.29, 0.717) is 36.1 Å². The number of aryl methyl sites for hydroxylation is 2. The van der Waals surface area contributed by atoms with Crippen LogP contribution in [0.4, 0.5) is 32.2 Å². The molecule has 4 rings (SSSR count). The molecular formula is C39H55BrF6N8O16. The number of benzene rings is 1. The number of aliphatic hydroxyl groups is 10. The number of alkyl halides is 6. The summed E-state index contributed by atoms with van der Waals surface area (Å²) in [6.45, 7) is 3.06. The number of aliphatic hydroxyl groups excluding tert-OH is 10. The first kappa shape index (κ1) is 61.2. The number of rotatable bonds is 19. The Hall–Kier alpha value is -4.93. The lowest BCUT2D eigenvalue weighted by Gasteiger charge is -2.41. The Morgan fingerprint density at radius 2 is 1.34 bits per heavy atom. The van der Waals surface area contributed by atoms with Crippen molar-refractivity contribution in [3.05, 3.63) is 46.1 Å². The van der Waals surface area contributed by atoms with E-state index in [1.54, 1.807) is 17.0 Å². The van der Waals surface area contributed by atoms with E-state index < -0.39 is 111 Å². The fourth-order valence-electron chi connectivity index (χ4n) is 7.02. The van der Waals surface area contributed by atoms with Gasteiger partial charge in [-0.2, -0.15) is 26.3 Å². The van der Waals surface area contributed by atoms with Gasteiger partial charge in [0.15, 0.2) is 22.5 Å². The number of nitrogens with zero attached hydrogens (tertiary/aromatic N) is 6. The fraction of sp³-hybridized carbons (Fsp3) is 0.615. The van der Waals surface area contributed by atoms with Crippen molar-refractivity contribution in [3.63, 3.8) is 0 Å². The molecule has 0 spiro atoms. The summed E-state index contributed by atoms with van der Waals surface area (Å²) >= 11 is 3.20. The number of imidazole rings is 1. The number of halogens is 7. The average Bonchev–Trinajstić information content (AvgIpc) is 3.63. The van der Waals surface area contributed by atoms with Crippen LogP contribution in [-0.4, -0.2) is 211 Å². The third kappa shape index (κ3) is 16.9. The molecule has 0 bridgehead atoms. The molecule has 1 aromatic carbocycles. The number of hydrogen-bond acceptors (Lipinski definition) is 19. The first-order valence-electron chi connectivity index (χ1n) is 20.9. The maximum Gasteiger partial charge on any atom is 0.490 e. The minimum atomic E-state index is -5.19. The van der Waals surface area contributed by atoms with Gasteiger partial charge in [0.2, 0.25) is 0 Å². The summed E-state index contributed by atoms with van der Waals surface area (Å²) < 4.78 is 67.7. The van der Waals surface area contributed by atoms with Gasteiger partial charge in [-0.05, 0) is 54.8 Å². The van der Waals surface area contributed by atoms with Crippen molar-refractivity contribution in [2.45, 2.75) is 114 Å². The lowest BCUT2D eigenvalue weighted by Crippen LogP contribution is -2.56. The zero-order chi connectivity index (χ0) is 53.6. The topological polar surface area (TPSA) is 393 Å². The fourth-order valence-corrected chi connectivity index (χ4v) is 7.30. The van der Waals surface area contributed by atoms with Gasteiger partial charge in [0.05, 0.1) is 44.7 Å². The molecule has 1 fully saturated rings. The molecule has 1 aliphatic heterocycles. The van der Waals surface area contributed by atoms with Crippen LogP contribution in [0.5, 0.6) is 0 Å². The number of carbonyl (C=O) groups is 4. The molecule has 70 heavy (non-hydrogen) atoms. The maximum atomic E-state index is 13.9. The van der Waals surface area contributed by atoms with E-state index in [4.69, 9.17) is 25.5 Å². The molecule has 24 nitrogen and oxygen atoms in total. The Kier molecular flexibility index (Phi) is 23.6. The van der Waals surface area contributed by atoms with Crippen LogP contribution in [0, 0.1) is 0 Å². The molecule has 2 aromatic heterocycles. The molecule has 0 radical (unpaired) electrons. The van der Waals surface area contributed by atoms with Gasteiger partial charge >= 0.3 is 18.3 Å². The number of fused-ring (bicyclic) bond motifs is 1. The Bertz CT molecular complexity index is 2150. The highest BCUT2D eigenvalue weighted by Crippen LogP contribution is 2.24. The number of carboxylic acids is 2. The molecule has 0 aliphatic carbocycles. The number of aromatic nitrogens is 4. The molecule has 14 N–H and O–H groups in total. The second-order valence-corrected chi connectivity index (χ2v) is 16.2. The molecule has 3 heterocycles. The van der Waals surface area contributed by atoms with Crippen LogP contribution in [0.1, 0.15) is 53.4 Å². The standard InChI is InChI=1S/C35H53BrN8O12.2C2HF3O2/c1-3-43-20-6-5-18(11-21(20)44(4-2)27(43)13-39-34(55)28-33(37)38-12-26(36)40-28)35(56)41-9-7-19(8-10-41)42(14-22(47)29(51)31(53)24(49)16-45)15-23(48)30(52)32(54)25(50)17-46;2*3-2(4,5)1(6)7/h5-6,11-12,19,22-25,29-32,45-54H,3-4,7-10,13-17H2,1-2H3,(H2-,37,38,39,55);2*(H,6,7)/t22-,23-,24+,25+,29+,30+,31+,32+;;/m0../s1. The number of carbonyl (C=O) groups excluding carboxylic acids is 3. The van der Waals surface area contributed by atoms with E-state index >= 15 is 0 Å². The minimum absolute atomic E-state index is 0.0117. The average molecular weight is 1090 g/mol. The Balaban J connectivity index is 0.00000104. The van der Waals surface area contributed by atoms with Crippen molar-refractivity contribution in [1.82, 2.24) is 29.7 Å². The summed E-state index contributed by atoms with van der Waals surface area (Å²) in [5, 5.41) is 120. The van der Waals surface area contributed by atoms with Crippen molar-refractivity contribution >= 4 is 56.5 Å².